The zero-order valence-corrected chi connectivity index (χ0v) is 21.2. The summed E-state index contributed by atoms with van der Waals surface area (Å²) in [7, 11) is 3.38. The van der Waals surface area contributed by atoms with Crippen molar-refractivity contribution in [2.75, 3.05) is 66.6 Å². The Hall–Kier alpha value is -1.53. The van der Waals surface area contributed by atoms with Crippen LogP contribution in [0.25, 0.3) is 0 Å². The van der Waals surface area contributed by atoms with Crippen molar-refractivity contribution in [1.82, 2.24) is 20.4 Å². The van der Waals surface area contributed by atoms with Gasteiger partial charge in [-0.2, -0.15) is 0 Å². The number of nitrogens with one attached hydrogen (secondary N) is 2. The number of guanidine groups is 1. The summed E-state index contributed by atoms with van der Waals surface area (Å²) in [5.74, 6) is -0.651. The molecule has 1 aliphatic carbocycles. The SMILES string of the molecule is CN(C)C(=O)CN=C(NCCCN1CCOCC1)NCC1(c2ccc(F)cc2F)CC1.I. The number of benzene rings is 1. The first-order valence-electron chi connectivity index (χ1n) is 10.9. The number of ether oxygens (including phenoxy) is 1. The molecular weight excluding hydrogens is 531 g/mol. The largest absolute Gasteiger partial charge is 0.379 e. The maximum atomic E-state index is 14.3. The summed E-state index contributed by atoms with van der Waals surface area (Å²) < 4.78 is 33.0. The van der Waals surface area contributed by atoms with E-state index in [1.807, 2.05) is 0 Å². The van der Waals surface area contributed by atoms with Crippen molar-refractivity contribution in [3.63, 3.8) is 0 Å². The molecule has 0 spiro atoms. The van der Waals surface area contributed by atoms with Crippen LogP contribution in [0.1, 0.15) is 24.8 Å². The molecule has 0 unspecified atom stereocenters. The quantitative estimate of drug-likeness (QED) is 0.208. The van der Waals surface area contributed by atoms with Crippen molar-refractivity contribution in [1.29, 1.82) is 0 Å². The van der Waals surface area contributed by atoms with E-state index in [0.29, 0.717) is 24.6 Å². The van der Waals surface area contributed by atoms with Crippen molar-refractivity contribution in [3.05, 3.63) is 35.4 Å². The van der Waals surface area contributed by atoms with Crippen LogP contribution in [0, 0.1) is 11.6 Å². The van der Waals surface area contributed by atoms with Crippen LogP contribution in [0.5, 0.6) is 0 Å². The maximum absolute atomic E-state index is 14.3. The predicted octanol–water partition coefficient (Wildman–Crippen LogP) is 1.96. The molecule has 180 valence electrons. The van der Waals surface area contributed by atoms with Gasteiger partial charge in [0.2, 0.25) is 5.91 Å². The highest BCUT2D eigenvalue weighted by Crippen LogP contribution is 2.48. The molecule has 1 aliphatic heterocycles. The van der Waals surface area contributed by atoms with E-state index in [4.69, 9.17) is 4.74 Å². The number of nitrogens with zero attached hydrogens (tertiary/aromatic N) is 3. The average Bonchev–Trinajstić information content (AvgIpc) is 3.53. The third kappa shape index (κ3) is 7.80. The van der Waals surface area contributed by atoms with Crippen molar-refractivity contribution < 1.29 is 18.3 Å². The molecule has 2 fully saturated rings. The Morgan fingerprint density at radius 2 is 1.94 bits per heavy atom. The van der Waals surface area contributed by atoms with Gasteiger partial charge in [0.15, 0.2) is 5.96 Å². The lowest BCUT2D eigenvalue weighted by molar-refractivity contribution is -0.127. The Labute approximate surface area is 206 Å². The molecule has 1 heterocycles. The zero-order chi connectivity index (χ0) is 22.3. The lowest BCUT2D eigenvalue weighted by Gasteiger charge is -2.26. The van der Waals surface area contributed by atoms with E-state index < -0.39 is 11.6 Å². The third-order valence-electron chi connectivity index (χ3n) is 5.87. The number of aliphatic imine (C=N–C) groups is 1. The van der Waals surface area contributed by atoms with Gasteiger partial charge < -0.3 is 20.3 Å². The summed E-state index contributed by atoms with van der Waals surface area (Å²) in [5, 5.41) is 6.56. The van der Waals surface area contributed by atoms with Crippen molar-refractivity contribution in [3.8, 4) is 0 Å². The fourth-order valence-corrected chi connectivity index (χ4v) is 3.66. The van der Waals surface area contributed by atoms with Gasteiger partial charge in [-0.1, -0.05) is 6.07 Å². The molecule has 1 saturated heterocycles. The number of hydrogen-bond acceptors (Lipinski definition) is 4. The molecule has 1 aromatic carbocycles. The fraction of sp³-hybridized carbons (Fsp3) is 0.636. The van der Waals surface area contributed by atoms with Crippen LogP contribution < -0.4 is 10.6 Å². The summed E-state index contributed by atoms with van der Waals surface area (Å²) in [5.41, 5.74) is 0.164. The Morgan fingerprint density at radius 3 is 2.56 bits per heavy atom. The minimum atomic E-state index is -0.573. The topological polar surface area (TPSA) is 69.2 Å². The van der Waals surface area contributed by atoms with E-state index in [2.05, 4.69) is 20.5 Å². The van der Waals surface area contributed by atoms with E-state index in [1.54, 1.807) is 14.1 Å². The minimum absolute atomic E-state index is 0. The summed E-state index contributed by atoms with van der Waals surface area (Å²) >= 11 is 0. The summed E-state index contributed by atoms with van der Waals surface area (Å²) in [4.78, 5) is 20.2. The van der Waals surface area contributed by atoms with Gasteiger partial charge in [0.05, 0.1) is 13.2 Å². The van der Waals surface area contributed by atoms with Crippen molar-refractivity contribution in [2.24, 2.45) is 4.99 Å². The van der Waals surface area contributed by atoms with E-state index in [0.717, 1.165) is 58.2 Å². The third-order valence-corrected chi connectivity index (χ3v) is 5.87. The van der Waals surface area contributed by atoms with E-state index in [9.17, 15) is 13.6 Å². The minimum Gasteiger partial charge on any atom is -0.379 e. The highest BCUT2D eigenvalue weighted by atomic mass is 127. The fourth-order valence-electron chi connectivity index (χ4n) is 3.66. The normalized spacial score (nSPS) is 17.9. The molecule has 2 aliphatic rings. The molecular formula is C22H34F2IN5O2. The van der Waals surface area contributed by atoms with Crippen LogP contribution >= 0.6 is 24.0 Å². The summed E-state index contributed by atoms with van der Waals surface area (Å²) in [6.45, 7) is 5.62. The number of rotatable bonds is 9. The average molecular weight is 565 g/mol. The van der Waals surface area contributed by atoms with Crippen LogP contribution in [-0.2, 0) is 14.9 Å². The molecule has 0 aromatic heterocycles. The van der Waals surface area contributed by atoms with E-state index in [1.165, 1.54) is 17.0 Å². The molecule has 3 rings (SSSR count). The zero-order valence-electron chi connectivity index (χ0n) is 18.8. The van der Waals surface area contributed by atoms with Crippen molar-refractivity contribution >= 4 is 35.8 Å². The molecule has 2 N–H and O–H groups in total. The monoisotopic (exact) mass is 565 g/mol. The smallest absolute Gasteiger partial charge is 0.243 e. The molecule has 1 saturated carbocycles. The van der Waals surface area contributed by atoms with Gasteiger partial charge >= 0.3 is 0 Å². The van der Waals surface area contributed by atoms with Crippen LogP contribution in [-0.4, -0.2) is 88.2 Å². The molecule has 0 atom stereocenters. The molecule has 1 aromatic rings. The highest BCUT2D eigenvalue weighted by Gasteiger charge is 2.46. The standard InChI is InChI=1S/C22H33F2N5O2.HI/c1-28(2)20(30)15-26-21(25-8-3-9-29-10-12-31-13-11-29)27-16-22(6-7-22)18-5-4-17(23)14-19(18)24;/h4-5,14H,3,6-13,15-16H2,1-2H3,(H2,25,26,27);1H. The van der Waals surface area contributed by atoms with Gasteiger partial charge in [-0.25, -0.2) is 13.8 Å². The first-order chi connectivity index (χ1) is 14.9. The van der Waals surface area contributed by atoms with Gasteiger partial charge in [-0.15, -0.1) is 24.0 Å². The number of carbonyl (C=O) groups is 1. The second-order valence-corrected chi connectivity index (χ2v) is 8.45. The summed E-state index contributed by atoms with van der Waals surface area (Å²) in [6, 6.07) is 3.76. The predicted molar refractivity (Wildman–Crippen MR) is 132 cm³/mol. The number of halogens is 3. The molecule has 0 radical (unpaired) electrons. The van der Waals surface area contributed by atoms with Gasteiger partial charge in [0, 0.05) is 51.8 Å². The van der Waals surface area contributed by atoms with Gasteiger partial charge in [0.1, 0.15) is 18.2 Å². The number of morpholine rings is 1. The summed E-state index contributed by atoms with van der Waals surface area (Å²) in [6.07, 6.45) is 2.58. The lowest BCUT2D eigenvalue weighted by atomic mass is 9.95. The Balaban J connectivity index is 0.00000363. The molecule has 0 bridgehead atoms. The van der Waals surface area contributed by atoms with E-state index in [-0.39, 0.29) is 41.8 Å². The second kappa shape index (κ2) is 12.6. The number of likely N-dealkylation sites (N-methyl/N-ethyl adjacent to an activating group) is 1. The molecule has 7 nitrogen and oxygen atoms in total. The number of amides is 1. The number of carbonyl (C=O) groups excluding carboxylic acids is 1. The molecule has 1 amide bonds. The van der Waals surface area contributed by atoms with Crippen molar-refractivity contribution in [2.45, 2.75) is 24.7 Å². The second-order valence-electron chi connectivity index (χ2n) is 8.45. The Morgan fingerprint density at radius 1 is 1.22 bits per heavy atom. The highest BCUT2D eigenvalue weighted by molar-refractivity contribution is 14.0. The van der Waals surface area contributed by atoms with Crippen LogP contribution in [0.3, 0.4) is 0 Å². The lowest BCUT2D eigenvalue weighted by Crippen LogP contribution is -2.43. The van der Waals surface area contributed by atoms with Gasteiger partial charge in [0.25, 0.3) is 0 Å². The Kier molecular flexibility index (Phi) is 10.6. The van der Waals surface area contributed by atoms with Crippen LogP contribution in [0.15, 0.2) is 23.2 Å². The van der Waals surface area contributed by atoms with Crippen LogP contribution in [0.2, 0.25) is 0 Å². The molecule has 32 heavy (non-hydrogen) atoms. The Bertz CT molecular complexity index is 784. The maximum Gasteiger partial charge on any atom is 0.243 e. The van der Waals surface area contributed by atoms with E-state index >= 15 is 0 Å². The first-order valence-corrected chi connectivity index (χ1v) is 10.9. The first kappa shape index (κ1) is 26.7. The number of hydrogen-bond donors (Lipinski definition) is 2. The van der Waals surface area contributed by atoms with Gasteiger partial charge in [-0.3, -0.25) is 9.69 Å². The van der Waals surface area contributed by atoms with Gasteiger partial charge in [-0.05, 0) is 37.4 Å². The van der Waals surface area contributed by atoms with Crippen LogP contribution in [0.4, 0.5) is 8.78 Å². The molecule has 10 heteroatoms.